The minimum atomic E-state index is -4.36. The fourth-order valence-electron chi connectivity index (χ4n) is 1.44. The summed E-state index contributed by atoms with van der Waals surface area (Å²) in [5.74, 6) is -4.94. The van der Waals surface area contributed by atoms with Crippen molar-refractivity contribution in [3.05, 3.63) is 12.2 Å². The summed E-state index contributed by atoms with van der Waals surface area (Å²) in [5.41, 5.74) is -0.114. The molecule has 20 heavy (non-hydrogen) atoms. The third-order valence-electron chi connectivity index (χ3n) is 2.41. The van der Waals surface area contributed by atoms with E-state index in [1.165, 1.54) is 0 Å². The van der Waals surface area contributed by atoms with Gasteiger partial charge in [0.2, 0.25) is 5.78 Å². The normalized spacial score (nSPS) is 12.6. The van der Waals surface area contributed by atoms with Crippen molar-refractivity contribution in [3.63, 3.8) is 0 Å². The highest BCUT2D eigenvalue weighted by molar-refractivity contribution is 7.51. The van der Waals surface area contributed by atoms with E-state index < -0.39 is 37.4 Å². The number of esters is 1. The van der Waals surface area contributed by atoms with Crippen LogP contribution >= 0.6 is 7.60 Å². The van der Waals surface area contributed by atoms with E-state index in [0.29, 0.717) is 0 Å². The lowest BCUT2D eigenvalue weighted by Gasteiger charge is -2.15. The Morgan fingerprint density at radius 1 is 1.30 bits per heavy atom. The maximum absolute atomic E-state index is 11.4. The first-order valence-electron chi connectivity index (χ1n) is 5.75. The van der Waals surface area contributed by atoms with Crippen LogP contribution in [0.3, 0.4) is 0 Å². The highest BCUT2D eigenvalue weighted by Gasteiger charge is 2.29. The van der Waals surface area contributed by atoms with Crippen molar-refractivity contribution in [2.75, 3.05) is 12.8 Å². The molecule has 0 aromatic heterocycles. The Balaban J connectivity index is 4.82. The predicted octanol–water partition coefficient (Wildman–Crippen LogP) is 0.333. The first-order chi connectivity index (χ1) is 9.08. The van der Waals surface area contributed by atoms with Crippen LogP contribution in [0, 0.1) is 5.92 Å². The minimum absolute atomic E-state index is 0.0951. The van der Waals surface area contributed by atoms with Crippen LogP contribution in [-0.2, 0) is 23.7 Å². The summed E-state index contributed by atoms with van der Waals surface area (Å²) in [5, 5.41) is 8.65. The summed E-state index contributed by atoms with van der Waals surface area (Å²) in [6.07, 6.45) is -1.31. The molecule has 0 saturated heterocycles. The van der Waals surface area contributed by atoms with Crippen molar-refractivity contribution in [1.82, 2.24) is 0 Å². The molecule has 9 heteroatoms. The Bertz CT molecular complexity index is 449. The fraction of sp³-hybridized carbons (Fsp3) is 0.545. The van der Waals surface area contributed by atoms with Crippen molar-refractivity contribution >= 4 is 25.3 Å². The van der Waals surface area contributed by atoms with Gasteiger partial charge in [-0.05, 0) is 19.8 Å². The molecule has 0 radical (unpaired) electrons. The topological polar surface area (TPSA) is 138 Å². The van der Waals surface area contributed by atoms with Crippen LogP contribution in [0.25, 0.3) is 0 Å². The van der Waals surface area contributed by atoms with Gasteiger partial charge in [0, 0.05) is 11.5 Å². The van der Waals surface area contributed by atoms with E-state index in [4.69, 9.17) is 14.9 Å². The van der Waals surface area contributed by atoms with Gasteiger partial charge in [-0.25, -0.2) is 9.59 Å². The SMILES string of the molecule is C=C(CC(CCP(=O)(O)O)C(=O)C(=O)O)C(=O)OCC. The van der Waals surface area contributed by atoms with Crippen LogP contribution in [0.15, 0.2) is 12.2 Å². The van der Waals surface area contributed by atoms with E-state index in [0.717, 1.165) is 0 Å². The second kappa shape index (κ2) is 7.94. The summed E-state index contributed by atoms with van der Waals surface area (Å²) in [6.45, 7) is 5.05. The number of carboxylic acid groups (broad SMARTS) is 1. The van der Waals surface area contributed by atoms with Gasteiger partial charge in [-0.1, -0.05) is 6.58 Å². The summed E-state index contributed by atoms with van der Waals surface area (Å²) in [7, 11) is -4.36. The smallest absolute Gasteiger partial charge is 0.372 e. The van der Waals surface area contributed by atoms with Gasteiger partial charge < -0.3 is 19.6 Å². The molecule has 0 amide bonds. The lowest BCUT2D eigenvalue weighted by Crippen LogP contribution is -2.26. The molecule has 0 aromatic rings. The number of ether oxygens (including phenoxy) is 1. The molecule has 0 fully saturated rings. The standard InChI is InChI=1S/C11H17O8P/c1-3-19-11(15)7(2)6-8(9(12)10(13)14)4-5-20(16,17)18/h8H,2-6H2,1H3,(H,13,14)(H2,16,17,18). The molecule has 0 saturated carbocycles. The van der Waals surface area contributed by atoms with Crippen LogP contribution in [0.4, 0.5) is 0 Å². The molecule has 8 nitrogen and oxygen atoms in total. The van der Waals surface area contributed by atoms with Crippen LogP contribution < -0.4 is 0 Å². The van der Waals surface area contributed by atoms with Crippen LogP contribution in [0.1, 0.15) is 19.8 Å². The minimum Gasteiger partial charge on any atom is -0.475 e. The van der Waals surface area contributed by atoms with E-state index in [9.17, 15) is 18.9 Å². The van der Waals surface area contributed by atoms with Crippen LogP contribution in [-0.4, -0.2) is 45.4 Å². The molecule has 0 aliphatic rings. The Morgan fingerprint density at radius 2 is 1.85 bits per heavy atom. The second-order valence-corrected chi connectivity index (χ2v) is 5.85. The van der Waals surface area contributed by atoms with Crippen molar-refractivity contribution in [1.29, 1.82) is 0 Å². The molecule has 0 bridgehead atoms. The van der Waals surface area contributed by atoms with E-state index in [1.54, 1.807) is 6.92 Å². The monoisotopic (exact) mass is 308 g/mol. The van der Waals surface area contributed by atoms with E-state index in [1.807, 2.05) is 0 Å². The summed E-state index contributed by atoms with van der Waals surface area (Å²) >= 11 is 0. The Labute approximate surface area is 115 Å². The lowest BCUT2D eigenvalue weighted by molar-refractivity contribution is -0.151. The predicted molar refractivity (Wildman–Crippen MR) is 68.1 cm³/mol. The van der Waals surface area contributed by atoms with Gasteiger partial charge in [-0.2, -0.15) is 0 Å². The van der Waals surface area contributed by atoms with E-state index in [2.05, 4.69) is 11.3 Å². The number of carbonyl (C=O) groups is 3. The molecule has 0 spiro atoms. The third-order valence-corrected chi connectivity index (χ3v) is 3.25. The van der Waals surface area contributed by atoms with Crippen LogP contribution in [0.2, 0.25) is 0 Å². The number of hydrogen-bond acceptors (Lipinski definition) is 5. The summed E-state index contributed by atoms with van der Waals surface area (Å²) < 4.78 is 15.4. The van der Waals surface area contributed by atoms with Crippen molar-refractivity contribution in [2.45, 2.75) is 19.8 Å². The molecule has 114 valence electrons. The Hall–Kier alpha value is -1.50. The number of carbonyl (C=O) groups excluding carboxylic acids is 2. The molecular formula is C11H17O8P. The fourth-order valence-corrected chi connectivity index (χ4v) is 2.09. The highest BCUT2D eigenvalue weighted by atomic mass is 31.2. The zero-order valence-electron chi connectivity index (χ0n) is 10.9. The quantitative estimate of drug-likeness (QED) is 0.240. The molecule has 3 N–H and O–H groups in total. The van der Waals surface area contributed by atoms with Gasteiger partial charge in [-0.15, -0.1) is 0 Å². The number of ketones is 1. The molecule has 0 aromatic carbocycles. The number of hydrogen-bond donors (Lipinski definition) is 3. The van der Waals surface area contributed by atoms with E-state index in [-0.39, 0.29) is 25.0 Å². The second-order valence-electron chi connectivity index (χ2n) is 4.07. The zero-order valence-corrected chi connectivity index (χ0v) is 11.8. The van der Waals surface area contributed by atoms with Gasteiger partial charge in [0.1, 0.15) is 0 Å². The van der Waals surface area contributed by atoms with Crippen molar-refractivity contribution < 1.29 is 38.6 Å². The summed E-state index contributed by atoms with van der Waals surface area (Å²) in [4.78, 5) is 50.9. The van der Waals surface area contributed by atoms with Gasteiger partial charge in [0.05, 0.1) is 12.8 Å². The maximum atomic E-state index is 11.4. The number of Topliss-reactive ketones (excluding diaryl/α,β-unsaturated/α-hetero) is 1. The molecule has 1 unspecified atom stereocenters. The lowest BCUT2D eigenvalue weighted by atomic mass is 9.93. The summed E-state index contributed by atoms with van der Waals surface area (Å²) in [6, 6.07) is 0. The van der Waals surface area contributed by atoms with Gasteiger partial charge in [0.25, 0.3) is 0 Å². The third kappa shape index (κ3) is 7.18. The first kappa shape index (κ1) is 18.5. The highest BCUT2D eigenvalue weighted by Crippen LogP contribution is 2.37. The molecule has 0 aliphatic carbocycles. The van der Waals surface area contributed by atoms with Gasteiger partial charge >= 0.3 is 19.5 Å². The first-order valence-corrected chi connectivity index (χ1v) is 7.54. The van der Waals surface area contributed by atoms with Crippen molar-refractivity contribution in [3.8, 4) is 0 Å². The Morgan fingerprint density at radius 3 is 2.25 bits per heavy atom. The van der Waals surface area contributed by atoms with Crippen LogP contribution in [0.5, 0.6) is 0 Å². The number of aliphatic carboxylic acids is 1. The maximum Gasteiger partial charge on any atom is 0.372 e. The molecule has 0 rings (SSSR count). The number of rotatable bonds is 9. The average molecular weight is 308 g/mol. The Kier molecular flexibility index (Phi) is 7.34. The average Bonchev–Trinajstić information content (AvgIpc) is 2.32. The molecular weight excluding hydrogens is 291 g/mol. The molecule has 0 heterocycles. The van der Waals surface area contributed by atoms with E-state index >= 15 is 0 Å². The molecule has 1 atom stereocenters. The van der Waals surface area contributed by atoms with Crippen molar-refractivity contribution in [2.24, 2.45) is 5.92 Å². The number of carboxylic acids is 1. The molecule has 0 aliphatic heterocycles. The zero-order chi connectivity index (χ0) is 15.9. The van der Waals surface area contributed by atoms with Gasteiger partial charge in [0.15, 0.2) is 0 Å². The van der Waals surface area contributed by atoms with Gasteiger partial charge in [-0.3, -0.25) is 9.36 Å². The largest absolute Gasteiger partial charge is 0.475 e.